The Morgan fingerprint density at radius 1 is 1.14 bits per heavy atom. The van der Waals surface area contributed by atoms with Crippen molar-refractivity contribution in [1.29, 1.82) is 0 Å². The number of nitrogens with zero attached hydrogens (tertiary/aromatic N) is 1. The van der Waals surface area contributed by atoms with Gasteiger partial charge < -0.3 is 5.32 Å². The summed E-state index contributed by atoms with van der Waals surface area (Å²) in [6.07, 6.45) is 3.14. The first kappa shape index (κ1) is 15.5. The van der Waals surface area contributed by atoms with Gasteiger partial charge in [-0.3, -0.25) is 9.71 Å². The third-order valence-corrected chi connectivity index (χ3v) is 4.64. The van der Waals surface area contributed by atoms with Crippen molar-refractivity contribution < 1.29 is 8.42 Å². The summed E-state index contributed by atoms with van der Waals surface area (Å²) in [5.41, 5.74) is 3.34. The van der Waals surface area contributed by atoms with Gasteiger partial charge in [0.05, 0.1) is 16.8 Å². The van der Waals surface area contributed by atoms with E-state index < -0.39 is 10.0 Å². The van der Waals surface area contributed by atoms with Gasteiger partial charge in [0.2, 0.25) is 0 Å². The number of aromatic nitrogens is 1. The zero-order chi connectivity index (χ0) is 15.5. The van der Waals surface area contributed by atoms with Crippen LogP contribution in [-0.2, 0) is 16.6 Å². The molecule has 0 aliphatic carbocycles. The number of pyridine rings is 1. The highest BCUT2D eigenvalue weighted by molar-refractivity contribution is 7.92. The molecule has 1 aromatic carbocycles. The molecule has 0 amide bonds. The largest absolute Gasteiger partial charge is 0.316 e. The van der Waals surface area contributed by atoms with Gasteiger partial charge in [0.1, 0.15) is 0 Å². The van der Waals surface area contributed by atoms with Gasteiger partial charge in [-0.25, -0.2) is 8.42 Å². The monoisotopic (exact) mass is 305 g/mol. The number of benzene rings is 1. The van der Waals surface area contributed by atoms with E-state index in [0.29, 0.717) is 12.2 Å². The van der Waals surface area contributed by atoms with Gasteiger partial charge in [-0.15, -0.1) is 0 Å². The number of hydrogen-bond donors (Lipinski definition) is 2. The maximum atomic E-state index is 12.5. The first-order valence-corrected chi connectivity index (χ1v) is 8.10. The Morgan fingerprint density at radius 3 is 2.57 bits per heavy atom. The van der Waals surface area contributed by atoms with Gasteiger partial charge in [-0.2, -0.15) is 0 Å². The highest BCUT2D eigenvalue weighted by Crippen LogP contribution is 2.20. The van der Waals surface area contributed by atoms with Gasteiger partial charge in [-0.1, -0.05) is 6.07 Å². The van der Waals surface area contributed by atoms with Crippen LogP contribution in [-0.4, -0.2) is 20.4 Å². The number of rotatable bonds is 5. The average molecular weight is 305 g/mol. The third-order valence-electron chi connectivity index (χ3n) is 3.28. The molecule has 0 atom stereocenters. The Bertz CT molecular complexity index is 742. The number of hydrogen-bond acceptors (Lipinski definition) is 4. The molecular weight excluding hydrogens is 286 g/mol. The molecule has 0 saturated carbocycles. The molecule has 6 heteroatoms. The molecular formula is C15H19N3O2S. The average Bonchev–Trinajstić information content (AvgIpc) is 2.44. The number of nitrogens with one attached hydrogen (secondary N) is 2. The zero-order valence-corrected chi connectivity index (χ0v) is 13.2. The van der Waals surface area contributed by atoms with Crippen LogP contribution in [0.2, 0.25) is 0 Å². The van der Waals surface area contributed by atoms with Crippen molar-refractivity contribution >= 4 is 15.7 Å². The topological polar surface area (TPSA) is 71.1 Å². The lowest BCUT2D eigenvalue weighted by molar-refractivity contribution is 0.601. The molecule has 2 N–H and O–H groups in total. The van der Waals surface area contributed by atoms with E-state index in [1.165, 1.54) is 6.20 Å². The Balaban J connectivity index is 2.36. The van der Waals surface area contributed by atoms with Crippen molar-refractivity contribution in [3.63, 3.8) is 0 Å². The lowest BCUT2D eigenvalue weighted by Gasteiger charge is -2.12. The summed E-state index contributed by atoms with van der Waals surface area (Å²) in [5.74, 6) is 0. The summed E-state index contributed by atoms with van der Waals surface area (Å²) in [6.45, 7) is 4.42. The molecule has 21 heavy (non-hydrogen) atoms. The van der Waals surface area contributed by atoms with E-state index in [0.717, 1.165) is 16.7 Å². The first-order chi connectivity index (χ1) is 9.94. The summed E-state index contributed by atoms with van der Waals surface area (Å²) >= 11 is 0. The molecule has 0 aliphatic rings. The predicted molar refractivity (Wildman–Crippen MR) is 83.7 cm³/mol. The number of sulfonamides is 1. The third kappa shape index (κ3) is 3.59. The predicted octanol–water partition coefficient (Wildman–Crippen LogP) is 2.22. The van der Waals surface area contributed by atoms with Crippen LogP contribution in [0.5, 0.6) is 0 Å². The Hall–Kier alpha value is -1.92. The van der Waals surface area contributed by atoms with Crippen LogP contribution < -0.4 is 10.0 Å². The van der Waals surface area contributed by atoms with E-state index in [4.69, 9.17) is 0 Å². The van der Waals surface area contributed by atoms with Gasteiger partial charge in [0.15, 0.2) is 0 Å². The normalized spacial score (nSPS) is 11.4. The van der Waals surface area contributed by atoms with Gasteiger partial charge in [0, 0.05) is 12.7 Å². The fourth-order valence-corrected chi connectivity index (χ4v) is 3.14. The van der Waals surface area contributed by atoms with E-state index in [2.05, 4.69) is 15.0 Å². The molecule has 0 saturated heterocycles. The van der Waals surface area contributed by atoms with Crippen molar-refractivity contribution in [2.75, 3.05) is 11.8 Å². The number of aryl methyl sites for hydroxylation is 2. The van der Waals surface area contributed by atoms with E-state index in [-0.39, 0.29) is 4.90 Å². The summed E-state index contributed by atoms with van der Waals surface area (Å²) in [4.78, 5) is 4.20. The SMILES string of the molecule is CNCc1cc(S(=O)(=O)Nc2cnccc2C)ccc1C. The first-order valence-electron chi connectivity index (χ1n) is 6.61. The molecule has 5 nitrogen and oxygen atoms in total. The maximum absolute atomic E-state index is 12.5. The highest BCUT2D eigenvalue weighted by atomic mass is 32.2. The van der Waals surface area contributed by atoms with E-state index >= 15 is 0 Å². The molecule has 2 rings (SSSR count). The zero-order valence-electron chi connectivity index (χ0n) is 12.3. The van der Waals surface area contributed by atoms with Crippen molar-refractivity contribution in [3.8, 4) is 0 Å². The standard InChI is InChI=1S/C15H19N3O2S/c1-11-4-5-14(8-13(11)9-16-3)21(19,20)18-15-10-17-7-6-12(15)2/h4-8,10,16,18H,9H2,1-3H3. The highest BCUT2D eigenvalue weighted by Gasteiger charge is 2.16. The van der Waals surface area contributed by atoms with Crippen LogP contribution >= 0.6 is 0 Å². The molecule has 0 spiro atoms. The van der Waals surface area contributed by atoms with Gasteiger partial charge in [0.25, 0.3) is 10.0 Å². The molecule has 2 aromatic rings. The molecule has 0 aliphatic heterocycles. The summed E-state index contributed by atoms with van der Waals surface area (Å²) in [5, 5.41) is 3.04. The van der Waals surface area contributed by atoms with Crippen LogP contribution in [0.4, 0.5) is 5.69 Å². The Labute approximate surface area is 125 Å². The molecule has 1 aromatic heterocycles. The fourth-order valence-electron chi connectivity index (χ4n) is 1.97. The minimum absolute atomic E-state index is 0.251. The van der Waals surface area contributed by atoms with Gasteiger partial charge >= 0.3 is 0 Å². The van der Waals surface area contributed by atoms with Crippen LogP contribution in [0.1, 0.15) is 16.7 Å². The Morgan fingerprint density at radius 2 is 1.90 bits per heavy atom. The summed E-state index contributed by atoms with van der Waals surface area (Å²) in [7, 11) is -1.78. The minimum atomic E-state index is -3.61. The second-order valence-electron chi connectivity index (χ2n) is 4.91. The quantitative estimate of drug-likeness (QED) is 0.888. The fraction of sp³-hybridized carbons (Fsp3) is 0.267. The van der Waals surface area contributed by atoms with Crippen molar-refractivity contribution in [1.82, 2.24) is 10.3 Å². The van der Waals surface area contributed by atoms with Crippen molar-refractivity contribution in [2.24, 2.45) is 0 Å². The molecule has 0 fully saturated rings. The molecule has 0 bridgehead atoms. The van der Waals surface area contributed by atoms with E-state index in [1.54, 1.807) is 24.4 Å². The second kappa shape index (κ2) is 6.24. The molecule has 1 heterocycles. The number of anilines is 1. The smallest absolute Gasteiger partial charge is 0.261 e. The maximum Gasteiger partial charge on any atom is 0.261 e. The van der Waals surface area contributed by atoms with Crippen molar-refractivity contribution in [2.45, 2.75) is 25.3 Å². The van der Waals surface area contributed by atoms with Crippen LogP contribution in [0, 0.1) is 13.8 Å². The van der Waals surface area contributed by atoms with Crippen LogP contribution in [0.15, 0.2) is 41.6 Å². The second-order valence-corrected chi connectivity index (χ2v) is 6.60. The Kier molecular flexibility index (Phi) is 4.59. The van der Waals surface area contributed by atoms with E-state index in [9.17, 15) is 8.42 Å². The van der Waals surface area contributed by atoms with Crippen LogP contribution in [0.25, 0.3) is 0 Å². The van der Waals surface area contributed by atoms with Crippen molar-refractivity contribution in [3.05, 3.63) is 53.3 Å². The van der Waals surface area contributed by atoms with E-state index in [1.807, 2.05) is 27.0 Å². The minimum Gasteiger partial charge on any atom is -0.316 e. The van der Waals surface area contributed by atoms with Gasteiger partial charge in [-0.05, 0) is 55.8 Å². The molecule has 0 unspecified atom stereocenters. The molecule has 112 valence electrons. The molecule has 0 radical (unpaired) electrons. The lowest BCUT2D eigenvalue weighted by Crippen LogP contribution is -2.15. The summed E-state index contributed by atoms with van der Waals surface area (Å²) in [6, 6.07) is 6.89. The summed E-state index contributed by atoms with van der Waals surface area (Å²) < 4.78 is 27.5. The van der Waals surface area contributed by atoms with Crippen LogP contribution in [0.3, 0.4) is 0 Å². The lowest BCUT2D eigenvalue weighted by atomic mass is 10.1.